The molecule has 3 aliphatic rings. The Bertz CT molecular complexity index is 738. The maximum absolute atomic E-state index is 12.6. The number of allylic oxidation sites excluding steroid dienone is 1. The van der Waals surface area contributed by atoms with Gasteiger partial charge in [-0.05, 0) is 37.7 Å². The largest absolute Gasteiger partial charge is 0.478 e. The van der Waals surface area contributed by atoms with Crippen LogP contribution in [0.5, 0.6) is 5.88 Å². The fourth-order valence-electron chi connectivity index (χ4n) is 4.18. The van der Waals surface area contributed by atoms with Crippen LogP contribution in [-0.2, 0) is 9.53 Å². The van der Waals surface area contributed by atoms with E-state index in [0.717, 1.165) is 51.0 Å². The Balaban J connectivity index is 1.27. The highest BCUT2D eigenvalue weighted by Gasteiger charge is 2.45. The predicted molar refractivity (Wildman–Crippen MR) is 94.3 cm³/mol. The van der Waals surface area contributed by atoms with Crippen LogP contribution >= 0.6 is 0 Å². The average molecular weight is 353 g/mol. The monoisotopic (exact) mass is 353 g/mol. The fraction of sp³-hybridized carbons (Fsp3) is 0.550. The van der Waals surface area contributed by atoms with Crippen molar-refractivity contribution in [2.24, 2.45) is 11.8 Å². The van der Waals surface area contributed by atoms with Crippen molar-refractivity contribution in [1.82, 2.24) is 9.88 Å². The second-order valence-electron chi connectivity index (χ2n) is 7.26. The summed E-state index contributed by atoms with van der Waals surface area (Å²) < 4.78 is 11.7. The van der Waals surface area contributed by atoms with E-state index in [-0.39, 0.29) is 12.0 Å². The van der Waals surface area contributed by atoms with Crippen LogP contribution < -0.4 is 4.74 Å². The third-order valence-electron chi connectivity index (χ3n) is 5.65. The second-order valence-corrected chi connectivity index (χ2v) is 7.26. The number of pyridine rings is 1. The van der Waals surface area contributed by atoms with Gasteiger partial charge in [-0.3, -0.25) is 4.79 Å². The van der Waals surface area contributed by atoms with Crippen molar-refractivity contribution in [3.63, 3.8) is 0 Å². The minimum atomic E-state index is 0.166. The van der Waals surface area contributed by atoms with Gasteiger partial charge in [0.2, 0.25) is 11.8 Å². The summed E-state index contributed by atoms with van der Waals surface area (Å²) in [6.07, 6.45) is 7.70. The van der Waals surface area contributed by atoms with Crippen LogP contribution in [0.4, 0.5) is 0 Å². The summed E-state index contributed by atoms with van der Waals surface area (Å²) in [6.45, 7) is 2.81. The molecular formula is C20H23N3O3. The number of hydrogen-bond donors (Lipinski definition) is 0. The predicted octanol–water partition coefficient (Wildman–Crippen LogP) is 2.31. The number of hydrogen-bond acceptors (Lipinski definition) is 5. The summed E-state index contributed by atoms with van der Waals surface area (Å²) in [7, 11) is 0. The number of likely N-dealkylation sites (tertiary alicyclic amines) is 1. The van der Waals surface area contributed by atoms with Crippen molar-refractivity contribution < 1.29 is 14.3 Å². The first-order chi connectivity index (χ1) is 12.7. The lowest BCUT2D eigenvalue weighted by molar-refractivity contribution is -0.127. The standard InChI is InChI=1S/C20H23N3O3/c21-9-14-5-6-19(22-10-14)25-8-7-16-13-26-18-12-23(11-17(16)18)20(24)15-3-1-2-4-15/h3,5-6,10,16-18H,1-2,4,7-8,11-13H2/t16-,17-,18-/m1/s1. The number of carbonyl (C=O) groups is 1. The van der Waals surface area contributed by atoms with Crippen molar-refractivity contribution in [1.29, 1.82) is 5.26 Å². The van der Waals surface area contributed by atoms with Crippen LogP contribution in [0.3, 0.4) is 0 Å². The molecule has 0 spiro atoms. The topological polar surface area (TPSA) is 75.5 Å². The van der Waals surface area contributed by atoms with Gasteiger partial charge in [0.1, 0.15) is 6.07 Å². The van der Waals surface area contributed by atoms with E-state index >= 15 is 0 Å². The highest BCUT2D eigenvalue weighted by atomic mass is 16.5. The van der Waals surface area contributed by atoms with Crippen molar-refractivity contribution in [2.45, 2.75) is 31.8 Å². The van der Waals surface area contributed by atoms with E-state index < -0.39 is 0 Å². The lowest BCUT2D eigenvalue weighted by atomic mass is 9.91. The van der Waals surface area contributed by atoms with Gasteiger partial charge in [0.05, 0.1) is 24.9 Å². The lowest BCUT2D eigenvalue weighted by Gasteiger charge is -2.20. The molecule has 0 unspecified atom stereocenters. The number of carbonyl (C=O) groups excluding carboxylic acids is 1. The normalized spacial score (nSPS) is 27.1. The highest BCUT2D eigenvalue weighted by molar-refractivity contribution is 5.94. The van der Waals surface area contributed by atoms with Gasteiger partial charge >= 0.3 is 0 Å². The number of rotatable bonds is 5. The van der Waals surface area contributed by atoms with E-state index in [2.05, 4.69) is 11.1 Å². The van der Waals surface area contributed by atoms with Crippen LogP contribution in [0.15, 0.2) is 30.0 Å². The molecule has 0 N–H and O–H groups in total. The third kappa shape index (κ3) is 3.45. The second kappa shape index (κ2) is 7.46. The number of ether oxygens (including phenoxy) is 2. The Kier molecular flexibility index (Phi) is 4.89. The molecule has 3 atom stereocenters. The Labute approximate surface area is 153 Å². The Morgan fingerprint density at radius 2 is 2.35 bits per heavy atom. The molecule has 3 heterocycles. The van der Waals surface area contributed by atoms with E-state index in [1.807, 2.05) is 11.0 Å². The van der Waals surface area contributed by atoms with Crippen LogP contribution in [0.25, 0.3) is 0 Å². The van der Waals surface area contributed by atoms with E-state index in [1.165, 1.54) is 6.20 Å². The molecule has 6 nitrogen and oxygen atoms in total. The fourth-order valence-corrected chi connectivity index (χ4v) is 4.18. The van der Waals surface area contributed by atoms with Crippen LogP contribution in [0.2, 0.25) is 0 Å². The third-order valence-corrected chi connectivity index (χ3v) is 5.65. The Hall–Kier alpha value is -2.39. The number of fused-ring (bicyclic) bond motifs is 1. The van der Waals surface area contributed by atoms with E-state index in [9.17, 15) is 4.79 Å². The zero-order valence-electron chi connectivity index (χ0n) is 14.8. The SMILES string of the molecule is N#Cc1ccc(OCC[C@@H]2CO[C@@H]3CN(C(=O)C4=CCCC4)C[C@H]23)nc1. The van der Waals surface area contributed by atoms with Crippen molar-refractivity contribution in [2.75, 3.05) is 26.3 Å². The maximum Gasteiger partial charge on any atom is 0.249 e. The molecule has 1 aromatic heterocycles. The molecule has 1 aliphatic carbocycles. The van der Waals surface area contributed by atoms with Gasteiger partial charge in [-0.2, -0.15) is 5.26 Å². The molecule has 26 heavy (non-hydrogen) atoms. The first-order valence-electron chi connectivity index (χ1n) is 9.33. The zero-order chi connectivity index (χ0) is 17.9. The van der Waals surface area contributed by atoms with Gasteiger partial charge in [-0.15, -0.1) is 0 Å². The van der Waals surface area contributed by atoms with Gasteiger partial charge in [0.25, 0.3) is 0 Å². The lowest BCUT2D eigenvalue weighted by Crippen LogP contribution is -2.32. The molecule has 0 radical (unpaired) electrons. The first-order valence-corrected chi connectivity index (χ1v) is 9.33. The molecule has 2 fully saturated rings. The van der Waals surface area contributed by atoms with Crippen LogP contribution in [-0.4, -0.2) is 48.2 Å². The minimum Gasteiger partial charge on any atom is -0.478 e. The van der Waals surface area contributed by atoms with Crippen molar-refractivity contribution >= 4 is 5.91 Å². The maximum atomic E-state index is 12.6. The minimum absolute atomic E-state index is 0.166. The number of amides is 1. The molecular weight excluding hydrogens is 330 g/mol. The van der Waals surface area contributed by atoms with Gasteiger partial charge in [0, 0.05) is 36.8 Å². The number of nitriles is 1. The Morgan fingerprint density at radius 1 is 1.42 bits per heavy atom. The summed E-state index contributed by atoms with van der Waals surface area (Å²) in [6, 6.07) is 5.47. The average Bonchev–Trinajstić information content (AvgIpc) is 3.40. The van der Waals surface area contributed by atoms with Crippen molar-refractivity contribution in [3.05, 3.63) is 35.5 Å². The molecule has 1 amide bonds. The first kappa shape index (κ1) is 17.0. The summed E-state index contributed by atoms with van der Waals surface area (Å²) in [4.78, 5) is 18.7. The molecule has 4 rings (SSSR count). The van der Waals surface area contributed by atoms with Crippen molar-refractivity contribution in [3.8, 4) is 11.9 Å². The number of nitrogens with zero attached hydrogens (tertiary/aromatic N) is 3. The highest BCUT2D eigenvalue weighted by Crippen LogP contribution is 2.36. The van der Waals surface area contributed by atoms with Gasteiger partial charge in [0.15, 0.2) is 0 Å². The molecule has 136 valence electrons. The van der Waals surface area contributed by atoms with E-state index in [4.69, 9.17) is 14.7 Å². The van der Waals surface area contributed by atoms with Crippen LogP contribution in [0, 0.1) is 23.2 Å². The van der Waals surface area contributed by atoms with E-state index in [0.29, 0.717) is 29.9 Å². The quantitative estimate of drug-likeness (QED) is 0.812. The van der Waals surface area contributed by atoms with Gasteiger partial charge < -0.3 is 14.4 Å². The van der Waals surface area contributed by atoms with Crippen LogP contribution in [0.1, 0.15) is 31.2 Å². The molecule has 1 aromatic rings. The molecule has 6 heteroatoms. The molecule has 0 aromatic carbocycles. The van der Waals surface area contributed by atoms with E-state index in [1.54, 1.807) is 12.1 Å². The summed E-state index contributed by atoms with van der Waals surface area (Å²) >= 11 is 0. The smallest absolute Gasteiger partial charge is 0.249 e. The molecule has 0 saturated carbocycles. The molecule has 0 bridgehead atoms. The zero-order valence-corrected chi connectivity index (χ0v) is 14.8. The summed E-state index contributed by atoms with van der Waals surface area (Å²) in [5.41, 5.74) is 1.51. The number of aromatic nitrogens is 1. The van der Waals surface area contributed by atoms with Gasteiger partial charge in [-0.25, -0.2) is 4.98 Å². The molecule has 2 aliphatic heterocycles. The summed E-state index contributed by atoms with van der Waals surface area (Å²) in [5.74, 6) is 1.56. The Morgan fingerprint density at radius 3 is 3.08 bits per heavy atom. The van der Waals surface area contributed by atoms with Gasteiger partial charge in [-0.1, -0.05) is 6.08 Å². The molecule has 2 saturated heterocycles. The summed E-state index contributed by atoms with van der Waals surface area (Å²) in [5, 5.41) is 8.79.